The molecule has 0 bridgehead atoms. The molecule has 1 atom stereocenters. The molecule has 3 N–H and O–H groups in total. The molecule has 5 nitrogen and oxygen atoms in total. The van der Waals surface area contributed by atoms with Crippen LogP contribution >= 0.6 is 0 Å². The number of hydrogen-bond acceptors (Lipinski definition) is 3. The number of halogens is 2. The quantitative estimate of drug-likeness (QED) is 0.774. The Morgan fingerprint density at radius 2 is 1.57 bits per heavy atom. The van der Waals surface area contributed by atoms with Gasteiger partial charge in [0, 0.05) is 18.7 Å². The summed E-state index contributed by atoms with van der Waals surface area (Å²) in [6, 6.07) is 0.950. The maximum absolute atomic E-state index is 13.6. The minimum absolute atomic E-state index is 0.0679. The highest BCUT2D eigenvalue weighted by Crippen LogP contribution is 2.20. The maximum atomic E-state index is 13.6. The molecule has 1 aromatic rings. The number of benzene rings is 1. The SMILES string of the molecule is CNc1c(F)cc(C(=O)NC(C)C(=O)NC(C)C)cc1F. The van der Waals surface area contributed by atoms with E-state index in [1.165, 1.54) is 14.0 Å². The Morgan fingerprint density at radius 3 is 2.00 bits per heavy atom. The van der Waals surface area contributed by atoms with E-state index in [4.69, 9.17) is 0 Å². The second-order valence-corrected chi connectivity index (χ2v) is 4.92. The lowest BCUT2D eigenvalue weighted by atomic mass is 10.1. The number of hydrogen-bond donors (Lipinski definition) is 3. The number of nitrogens with one attached hydrogen (secondary N) is 3. The summed E-state index contributed by atoms with van der Waals surface area (Å²) in [5.41, 5.74) is -0.495. The molecule has 0 saturated carbocycles. The first-order chi connectivity index (χ1) is 9.76. The molecular weight excluding hydrogens is 280 g/mol. The Labute approximate surface area is 122 Å². The van der Waals surface area contributed by atoms with Crippen LogP contribution in [0.4, 0.5) is 14.5 Å². The maximum Gasteiger partial charge on any atom is 0.252 e. The summed E-state index contributed by atoms with van der Waals surface area (Å²) in [6.07, 6.45) is 0. The van der Waals surface area contributed by atoms with Gasteiger partial charge in [0.05, 0.1) is 0 Å². The fourth-order valence-corrected chi connectivity index (χ4v) is 1.70. The second kappa shape index (κ2) is 7.01. The van der Waals surface area contributed by atoms with Gasteiger partial charge in [0.15, 0.2) is 0 Å². The average molecular weight is 299 g/mol. The summed E-state index contributed by atoms with van der Waals surface area (Å²) >= 11 is 0. The summed E-state index contributed by atoms with van der Waals surface area (Å²) in [7, 11) is 1.37. The molecule has 21 heavy (non-hydrogen) atoms. The van der Waals surface area contributed by atoms with Crippen LogP contribution in [0.5, 0.6) is 0 Å². The topological polar surface area (TPSA) is 70.2 Å². The van der Waals surface area contributed by atoms with Crippen molar-refractivity contribution in [2.24, 2.45) is 0 Å². The third-order valence-corrected chi connectivity index (χ3v) is 2.73. The fraction of sp³-hybridized carbons (Fsp3) is 0.429. The molecule has 0 radical (unpaired) electrons. The molecule has 1 rings (SSSR count). The van der Waals surface area contributed by atoms with E-state index < -0.39 is 23.6 Å². The molecule has 0 fully saturated rings. The van der Waals surface area contributed by atoms with Crippen LogP contribution in [-0.4, -0.2) is 30.9 Å². The van der Waals surface area contributed by atoms with Gasteiger partial charge >= 0.3 is 0 Å². The number of anilines is 1. The van der Waals surface area contributed by atoms with Crippen molar-refractivity contribution < 1.29 is 18.4 Å². The summed E-state index contributed by atoms with van der Waals surface area (Å²) in [5, 5.41) is 7.38. The van der Waals surface area contributed by atoms with Crippen molar-refractivity contribution in [3.8, 4) is 0 Å². The lowest BCUT2D eigenvalue weighted by Gasteiger charge is -2.16. The molecule has 0 spiro atoms. The third kappa shape index (κ3) is 4.40. The highest BCUT2D eigenvalue weighted by molar-refractivity contribution is 5.97. The molecule has 1 unspecified atom stereocenters. The second-order valence-electron chi connectivity index (χ2n) is 4.92. The van der Waals surface area contributed by atoms with Crippen LogP contribution in [0.2, 0.25) is 0 Å². The van der Waals surface area contributed by atoms with Crippen LogP contribution in [0.1, 0.15) is 31.1 Å². The van der Waals surface area contributed by atoms with Crippen LogP contribution in [0, 0.1) is 11.6 Å². The van der Waals surface area contributed by atoms with E-state index in [9.17, 15) is 18.4 Å². The highest BCUT2D eigenvalue weighted by Gasteiger charge is 2.19. The molecule has 0 aromatic heterocycles. The van der Waals surface area contributed by atoms with Crippen LogP contribution in [0.25, 0.3) is 0 Å². The summed E-state index contributed by atoms with van der Waals surface area (Å²) in [4.78, 5) is 23.6. The zero-order valence-corrected chi connectivity index (χ0v) is 12.4. The van der Waals surface area contributed by atoms with Crippen LogP contribution in [0.3, 0.4) is 0 Å². The van der Waals surface area contributed by atoms with Crippen molar-refractivity contribution in [1.29, 1.82) is 0 Å². The smallest absolute Gasteiger partial charge is 0.252 e. The van der Waals surface area contributed by atoms with Gasteiger partial charge in [0.1, 0.15) is 23.4 Å². The van der Waals surface area contributed by atoms with Crippen LogP contribution in [0.15, 0.2) is 12.1 Å². The minimum atomic E-state index is -0.873. The van der Waals surface area contributed by atoms with E-state index in [0.29, 0.717) is 0 Å². The van der Waals surface area contributed by atoms with E-state index >= 15 is 0 Å². The molecule has 7 heteroatoms. The molecule has 0 saturated heterocycles. The zero-order chi connectivity index (χ0) is 16.2. The lowest BCUT2D eigenvalue weighted by molar-refractivity contribution is -0.123. The van der Waals surface area contributed by atoms with Gasteiger partial charge < -0.3 is 16.0 Å². The fourth-order valence-electron chi connectivity index (χ4n) is 1.70. The van der Waals surface area contributed by atoms with Gasteiger partial charge in [-0.05, 0) is 32.9 Å². The largest absolute Gasteiger partial charge is 0.383 e. The molecule has 0 aliphatic heterocycles. The molecule has 116 valence electrons. The number of carbonyl (C=O) groups excluding carboxylic acids is 2. The molecule has 0 aliphatic rings. The summed E-state index contributed by atoms with van der Waals surface area (Å²) < 4.78 is 27.2. The monoisotopic (exact) mass is 299 g/mol. The first-order valence-corrected chi connectivity index (χ1v) is 6.54. The Bertz CT molecular complexity index is 524. The Morgan fingerprint density at radius 1 is 1.05 bits per heavy atom. The molecule has 0 heterocycles. The van der Waals surface area contributed by atoms with Gasteiger partial charge in [-0.25, -0.2) is 8.78 Å². The van der Waals surface area contributed by atoms with Gasteiger partial charge in [-0.2, -0.15) is 0 Å². The third-order valence-electron chi connectivity index (χ3n) is 2.73. The first kappa shape index (κ1) is 16.9. The predicted octanol–water partition coefficient (Wildman–Crippen LogP) is 1.65. The first-order valence-electron chi connectivity index (χ1n) is 6.54. The number of rotatable bonds is 5. The van der Waals surface area contributed by atoms with Crippen LogP contribution in [-0.2, 0) is 4.79 Å². The van der Waals surface area contributed by atoms with Crippen molar-refractivity contribution in [2.75, 3.05) is 12.4 Å². The highest BCUT2D eigenvalue weighted by atomic mass is 19.1. The number of carbonyl (C=O) groups is 2. The zero-order valence-electron chi connectivity index (χ0n) is 12.4. The summed E-state index contributed by atoms with van der Waals surface area (Å²) in [5.74, 6) is -2.84. The Balaban J connectivity index is 2.83. The number of amides is 2. The van der Waals surface area contributed by atoms with Gasteiger partial charge in [-0.1, -0.05) is 0 Å². The average Bonchev–Trinajstić information content (AvgIpc) is 2.37. The van der Waals surface area contributed by atoms with Crippen molar-refractivity contribution >= 4 is 17.5 Å². The Hall–Kier alpha value is -2.18. The van der Waals surface area contributed by atoms with Crippen LogP contribution < -0.4 is 16.0 Å². The Kier molecular flexibility index (Phi) is 5.63. The summed E-state index contributed by atoms with van der Waals surface area (Å²) in [6.45, 7) is 5.06. The standard InChI is InChI=1S/C14H19F2N3O2/c1-7(2)18-13(20)8(3)19-14(21)9-5-10(15)12(17-4)11(16)6-9/h5-8,17H,1-4H3,(H,18,20)(H,19,21). The molecule has 2 amide bonds. The molecular formula is C14H19F2N3O2. The molecule has 0 aliphatic carbocycles. The van der Waals surface area contributed by atoms with Gasteiger partial charge in [0.2, 0.25) is 5.91 Å². The lowest BCUT2D eigenvalue weighted by Crippen LogP contribution is -2.46. The van der Waals surface area contributed by atoms with Gasteiger partial charge in [0.25, 0.3) is 5.91 Å². The van der Waals surface area contributed by atoms with Gasteiger partial charge in [-0.15, -0.1) is 0 Å². The van der Waals surface area contributed by atoms with E-state index in [-0.39, 0.29) is 23.2 Å². The molecule has 1 aromatic carbocycles. The van der Waals surface area contributed by atoms with Crippen molar-refractivity contribution in [3.05, 3.63) is 29.3 Å². The minimum Gasteiger partial charge on any atom is -0.383 e. The van der Waals surface area contributed by atoms with E-state index in [1.807, 2.05) is 0 Å². The normalized spacial score (nSPS) is 12.0. The van der Waals surface area contributed by atoms with Crippen molar-refractivity contribution in [2.45, 2.75) is 32.9 Å². The van der Waals surface area contributed by atoms with Crippen molar-refractivity contribution in [1.82, 2.24) is 10.6 Å². The van der Waals surface area contributed by atoms with Gasteiger partial charge in [-0.3, -0.25) is 9.59 Å². The van der Waals surface area contributed by atoms with E-state index in [1.54, 1.807) is 13.8 Å². The predicted molar refractivity (Wildman–Crippen MR) is 76.1 cm³/mol. The van der Waals surface area contributed by atoms with E-state index in [2.05, 4.69) is 16.0 Å². The van der Waals surface area contributed by atoms with Crippen molar-refractivity contribution in [3.63, 3.8) is 0 Å². The van der Waals surface area contributed by atoms with E-state index in [0.717, 1.165) is 12.1 Å².